The summed E-state index contributed by atoms with van der Waals surface area (Å²) >= 11 is 0. The molecule has 0 aliphatic heterocycles. The van der Waals surface area contributed by atoms with E-state index < -0.39 is 0 Å². The van der Waals surface area contributed by atoms with Crippen molar-refractivity contribution in [3.8, 4) is 0 Å². The van der Waals surface area contributed by atoms with E-state index >= 15 is 0 Å². The van der Waals surface area contributed by atoms with Crippen molar-refractivity contribution in [2.45, 2.75) is 19.8 Å². The lowest BCUT2D eigenvalue weighted by molar-refractivity contribution is 0.0527. The molecule has 1 aromatic carbocycles. The smallest absolute Gasteiger partial charge is 0.341 e. The number of nitrogens with zero attached hydrogens (tertiary/aromatic N) is 1. The molecule has 21 heavy (non-hydrogen) atoms. The fourth-order valence-corrected chi connectivity index (χ4v) is 2.06. The van der Waals surface area contributed by atoms with Crippen LogP contribution in [0.3, 0.4) is 0 Å². The maximum absolute atomic E-state index is 11.8. The number of rotatable bonds is 7. The summed E-state index contributed by atoms with van der Waals surface area (Å²) in [6.07, 6.45) is 3.64. The topological polar surface area (TPSA) is 51.2 Å². The average Bonchev–Trinajstić information content (AvgIpc) is 2.53. The van der Waals surface area contributed by atoms with Gasteiger partial charge in [-0.2, -0.15) is 0 Å². The molecule has 0 aliphatic rings. The lowest BCUT2D eigenvalue weighted by Crippen LogP contribution is -2.12. The molecule has 4 heteroatoms. The first-order valence-electron chi connectivity index (χ1n) is 7.21. The summed E-state index contributed by atoms with van der Waals surface area (Å²) in [5, 5.41) is 3.21. The molecule has 1 heterocycles. The largest absolute Gasteiger partial charge is 0.462 e. The first-order chi connectivity index (χ1) is 10.3. The molecule has 0 aliphatic carbocycles. The number of benzene rings is 1. The Bertz CT molecular complexity index is 570. The van der Waals surface area contributed by atoms with Gasteiger partial charge in [0.25, 0.3) is 0 Å². The number of nitrogens with one attached hydrogen (secondary N) is 1. The van der Waals surface area contributed by atoms with Crippen LogP contribution in [0.1, 0.15) is 29.3 Å². The highest BCUT2D eigenvalue weighted by Crippen LogP contribution is 2.13. The molecule has 0 fully saturated rings. The molecular weight excluding hydrogens is 264 g/mol. The number of pyridine rings is 1. The van der Waals surface area contributed by atoms with Gasteiger partial charge in [0.2, 0.25) is 0 Å². The number of aryl methyl sites for hydroxylation is 1. The van der Waals surface area contributed by atoms with Gasteiger partial charge in [-0.3, -0.25) is 0 Å². The Hall–Kier alpha value is -2.36. The van der Waals surface area contributed by atoms with Crippen LogP contribution in [0, 0.1) is 0 Å². The lowest BCUT2D eigenvalue weighted by atomic mass is 10.1. The quantitative estimate of drug-likeness (QED) is 0.626. The summed E-state index contributed by atoms with van der Waals surface area (Å²) in [6.45, 7) is 2.92. The molecule has 4 nitrogen and oxygen atoms in total. The molecule has 110 valence electrons. The molecule has 0 bridgehead atoms. The minimum atomic E-state index is -0.337. The minimum Gasteiger partial charge on any atom is -0.462 e. The third-order valence-electron chi connectivity index (χ3n) is 3.08. The number of carbonyl (C=O) groups excluding carboxylic acids is 1. The first-order valence-corrected chi connectivity index (χ1v) is 7.21. The van der Waals surface area contributed by atoms with Crippen LogP contribution in [0.25, 0.3) is 0 Å². The predicted molar refractivity (Wildman–Crippen MR) is 83.4 cm³/mol. The maximum Gasteiger partial charge on any atom is 0.341 e. The molecular formula is C17H20N2O2. The molecule has 1 aromatic heterocycles. The van der Waals surface area contributed by atoms with E-state index in [0.717, 1.165) is 19.4 Å². The molecule has 0 saturated heterocycles. The number of hydrogen-bond donors (Lipinski definition) is 1. The summed E-state index contributed by atoms with van der Waals surface area (Å²) in [5.41, 5.74) is 1.80. The zero-order valence-corrected chi connectivity index (χ0v) is 12.2. The van der Waals surface area contributed by atoms with Gasteiger partial charge in [-0.15, -0.1) is 0 Å². The summed E-state index contributed by atoms with van der Waals surface area (Å²) in [6, 6.07) is 13.8. The van der Waals surface area contributed by atoms with E-state index in [9.17, 15) is 4.79 Å². The third-order valence-corrected chi connectivity index (χ3v) is 3.08. The first kappa shape index (κ1) is 15.0. The van der Waals surface area contributed by atoms with Crippen molar-refractivity contribution in [3.63, 3.8) is 0 Å². The van der Waals surface area contributed by atoms with E-state index in [1.54, 1.807) is 25.3 Å². The van der Waals surface area contributed by atoms with E-state index in [-0.39, 0.29) is 5.97 Å². The van der Waals surface area contributed by atoms with Crippen molar-refractivity contribution in [1.29, 1.82) is 0 Å². The highest BCUT2D eigenvalue weighted by atomic mass is 16.5. The SMILES string of the molecule is CCOC(=O)c1cccnc1NCCCc1ccccc1. The second-order valence-electron chi connectivity index (χ2n) is 4.64. The Balaban J connectivity index is 1.87. The second kappa shape index (κ2) is 8.04. The van der Waals surface area contributed by atoms with Crippen molar-refractivity contribution in [2.24, 2.45) is 0 Å². The molecule has 0 spiro atoms. The standard InChI is InChI=1S/C17H20N2O2/c1-2-21-17(20)15-11-7-13-19-16(15)18-12-6-10-14-8-4-3-5-9-14/h3-5,7-9,11,13H,2,6,10,12H2,1H3,(H,18,19). The molecule has 2 aromatic rings. The normalized spacial score (nSPS) is 10.1. The Labute approximate surface area is 125 Å². The van der Waals surface area contributed by atoms with Crippen LogP contribution in [0.4, 0.5) is 5.82 Å². The van der Waals surface area contributed by atoms with Gasteiger partial charge in [-0.25, -0.2) is 9.78 Å². The van der Waals surface area contributed by atoms with Crippen molar-refractivity contribution in [2.75, 3.05) is 18.5 Å². The summed E-state index contributed by atoms with van der Waals surface area (Å²) in [7, 11) is 0. The Kier molecular flexibility index (Phi) is 5.76. The Morgan fingerprint density at radius 1 is 1.19 bits per heavy atom. The predicted octanol–water partition coefficient (Wildman–Crippen LogP) is 3.30. The summed E-state index contributed by atoms with van der Waals surface area (Å²) < 4.78 is 5.03. The van der Waals surface area contributed by atoms with Gasteiger partial charge in [-0.05, 0) is 37.5 Å². The van der Waals surface area contributed by atoms with Gasteiger partial charge in [0, 0.05) is 12.7 Å². The molecule has 0 atom stereocenters. The Morgan fingerprint density at radius 2 is 2.00 bits per heavy atom. The zero-order valence-electron chi connectivity index (χ0n) is 12.2. The fourth-order valence-electron chi connectivity index (χ4n) is 2.06. The van der Waals surface area contributed by atoms with Gasteiger partial charge in [0.05, 0.1) is 6.61 Å². The number of ether oxygens (including phenoxy) is 1. The average molecular weight is 284 g/mol. The second-order valence-corrected chi connectivity index (χ2v) is 4.64. The van der Waals surface area contributed by atoms with Crippen molar-refractivity contribution < 1.29 is 9.53 Å². The van der Waals surface area contributed by atoms with Gasteiger partial charge in [-0.1, -0.05) is 30.3 Å². The highest BCUT2D eigenvalue weighted by molar-refractivity contribution is 5.94. The number of aromatic nitrogens is 1. The van der Waals surface area contributed by atoms with E-state index in [2.05, 4.69) is 22.4 Å². The van der Waals surface area contributed by atoms with Crippen LogP contribution in [0.2, 0.25) is 0 Å². The van der Waals surface area contributed by atoms with E-state index in [1.807, 2.05) is 18.2 Å². The summed E-state index contributed by atoms with van der Waals surface area (Å²) in [4.78, 5) is 16.0. The minimum absolute atomic E-state index is 0.337. The van der Waals surface area contributed by atoms with Gasteiger partial charge in [0.15, 0.2) is 0 Å². The Morgan fingerprint density at radius 3 is 2.76 bits per heavy atom. The molecule has 0 amide bonds. The highest BCUT2D eigenvalue weighted by Gasteiger charge is 2.12. The number of esters is 1. The number of anilines is 1. The molecule has 0 unspecified atom stereocenters. The van der Waals surface area contributed by atoms with Crippen LogP contribution in [-0.4, -0.2) is 24.1 Å². The molecule has 0 saturated carbocycles. The van der Waals surface area contributed by atoms with Crippen LogP contribution >= 0.6 is 0 Å². The van der Waals surface area contributed by atoms with Gasteiger partial charge < -0.3 is 10.1 Å². The van der Waals surface area contributed by atoms with E-state index in [4.69, 9.17) is 4.74 Å². The number of hydrogen-bond acceptors (Lipinski definition) is 4. The summed E-state index contributed by atoms with van der Waals surface area (Å²) in [5.74, 6) is 0.250. The van der Waals surface area contributed by atoms with Gasteiger partial charge in [0.1, 0.15) is 11.4 Å². The fraction of sp³-hybridized carbons (Fsp3) is 0.294. The molecule has 0 radical (unpaired) electrons. The van der Waals surface area contributed by atoms with Crippen LogP contribution < -0.4 is 5.32 Å². The number of carbonyl (C=O) groups is 1. The van der Waals surface area contributed by atoms with Crippen molar-refractivity contribution in [1.82, 2.24) is 4.98 Å². The third kappa shape index (κ3) is 4.60. The van der Waals surface area contributed by atoms with Crippen LogP contribution in [0.15, 0.2) is 48.7 Å². The van der Waals surface area contributed by atoms with Crippen molar-refractivity contribution in [3.05, 3.63) is 59.8 Å². The van der Waals surface area contributed by atoms with Crippen molar-refractivity contribution >= 4 is 11.8 Å². The molecule has 2 rings (SSSR count). The van der Waals surface area contributed by atoms with Crippen LogP contribution in [-0.2, 0) is 11.2 Å². The zero-order chi connectivity index (χ0) is 14.9. The van der Waals surface area contributed by atoms with Gasteiger partial charge >= 0.3 is 5.97 Å². The van der Waals surface area contributed by atoms with E-state index in [1.165, 1.54) is 5.56 Å². The monoisotopic (exact) mass is 284 g/mol. The van der Waals surface area contributed by atoms with E-state index in [0.29, 0.717) is 18.0 Å². The lowest BCUT2D eigenvalue weighted by Gasteiger charge is -2.10. The van der Waals surface area contributed by atoms with Crippen LogP contribution in [0.5, 0.6) is 0 Å². The maximum atomic E-state index is 11.8. The molecule has 1 N–H and O–H groups in total.